The Kier molecular flexibility index (Phi) is 48.5. The lowest BCUT2D eigenvalue weighted by Crippen LogP contribution is -2.30. The lowest BCUT2D eigenvalue weighted by Gasteiger charge is -2.18. The average molecular weight is 877 g/mol. The maximum absolute atomic E-state index is 12.7. The molecular weight excluding hydrogens is 781 g/mol. The molecule has 0 rings (SSSR count). The smallest absolute Gasteiger partial charge is 0.306 e. The summed E-state index contributed by atoms with van der Waals surface area (Å²) in [7, 11) is 0. The fourth-order valence-electron chi connectivity index (χ4n) is 6.94. The fourth-order valence-corrected chi connectivity index (χ4v) is 6.94. The number of carbonyl (C=O) groups excluding carboxylic acids is 3. The Bertz CT molecular complexity index is 1240. The Morgan fingerprint density at radius 2 is 0.667 bits per heavy atom. The second kappa shape index (κ2) is 51.2. The quantitative estimate of drug-likeness (QED) is 0.0262. The van der Waals surface area contributed by atoms with E-state index in [1.807, 2.05) is 12.2 Å². The summed E-state index contributed by atoms with van der Waals surface area (Å²) in [6.07, 6.45) is 65.9. The highest BCUT2D eigenvalue weighted by Gasteiger charge is 2.19. The minimum Gasteiger partial charge on any atom is -0.462 e. The van der Waals surface area contributed by atoms with E-state index in [0.29, 0.717) is 19.3 Å². The molecule has 0 aromatic carbocycles. The highest BCUT2D eigenvalue weighted by Crippen LogP contribution is 2.14. The van der Waals surface area contributed by atoms with Crippen molar-refractivity contribution < 1.29 is 28.6 Å². The molecule has 0 saturated carbocycles. The number of ether oxygens (including phenoxy) is 3. The van der Waals surface area contributed by atoms with Crippen molar-refractivity contribution in [1.29, 1.82) is 0 Å². The van der Waals surface area contributed by atoms with E-state index in [1.54, 1.807) is 0 Å². The molecule has 0 spiro atoms. The minimum atomic E-state index is -0.818. The molecule has 0 N–H and O–H groups in total. The van der Waals surface area contributed by atoms with E-state index in [9.17, 15) is 14.4 Å². The van der Waals surface area contributed by atoms with Gasteiger partial charge in [-0.1, -0.05) is 209 Å². The molecule has 0 aliphatic rings. The summed E-state index contributed by atoms with van der Waals surface area (Å²) in [5, 5.41) is 0. The summed E-state index contributed by atoms with van der Waals surface area (Å²) in [6.45, 7) is 6.39. The standard InChI is InChI=1S/C57H96O6/c1-4-7-10-13-16-19-22-24-25-26-27-28-29-30-31-33-35-38-41-44-47-50-56(59)62-53-54(52-61-55(58)49-46-43-40-37-34-21-18-15-12-9-6-3)63-57(60)51-48-45-42-39-36-32-23-20-17-14-11-8-5-2/h8,11,15,17-18,20,22,24,26-27,32,36,42,45,54H,4-7,9-10,12-14,16,19,21,23,25,28-31,33-35,37-41,43-44,46-53H2,1-3H3/b11-8-,18-15-,20-17-,24-22-,27-26-,36-32-,45-42-. The molecule has 6 nitrogen and oxygen atoms in total. The molecule has 0 aromatic heterocycles. The molecule has 0 saturated heterocycles. The summed E-state index contributed by atoms with van der Waals surface area (Å²) in [4.78, 5) is 37.9. The van der Waals surface area contributed by atoms with Crippen LogP contribution in [0.2, 0.25) is 0 Å². The third-order valence-corrected chi connectivity index (χ3v) is 10.9. The van der Waals surface area contributed by atoms with E-state index in [0.717, 1.165) is 83.5 Å². The first-order valence-electron chi connectivity index (χ1n) is 26.1. The van der Waals surface area contributed by atoms with Gasteiger partial charge in [-0.25, -0.2) is 0 Å². The number of hydrogen-bond acceptors (Lipinski definition) is 6. The van der Waals surface area contributed by atoms with Gasteiger partial charge < -0.3 is 14.2 Å². The van der Waals surface area contributed by atoms with Crippen LogP contribution in [0.15, 0.2) is 85.1 Å². The predicted octanol–water partition coefficient (Wildman–Crippen LogP) is 17.2. The van der Waals surface area contributed by atoms with Crippen LogP contribution in [-0.4, -0.2) is 37.2 Å². The molecule has 6 heteroatoms. The van der Waals surface area contributed by atoms with Gasteiger partial charge >= 0.3 is 17.9 Å². The van der Waals surface area contributed by atoms with E-state index < -0.39 is 12.1 Å². The Labute approximate surface area is 388 Å². The number of carbonyl (C=O) groups is 3. The van der Waals surface area contributed by atoms with Crippen molar-refractivity contribution in [3.05, 3.63) is 85.1 Å². The molecule has 63 heavy (non-hydrogen) atoms. The predicted molar refractivity (Wildman–Crippen MR) is 270 cm³/mol. The largest absolute Gasteiger partial charge is 0.462 e. The molecule has 0 aliphatic heterocycles. The topological polar surface area (TPSA) is 78.9 Å². The summed E-state index contributed by atoms with van der Waals surface area (Å²) < 4.78 is 16.7. The van der Waals surface area contributed by atoms with Crippen LogP contribution in [0.3, 0.4) is 0 Å². The second-order valence-electron chi connectivity index (χ2n) is 17.0. The number of rotatable bonds is 46. The number of allylic oxidation sites excluding steroid dienone is 14. The van der Waals surface area contributed by atoms with Crippen molar-refractivity contribution in [2.24, 2.45) is 0 Å². The molecule has 360 valence electrons. The Hall–Kier alpha value is -3.41. The molecular formula is C57H96O6. The molecule has 0 aromatic rings. The maximum atomic E-state index is 12.7. The van der Waals surface area contributed by atoms with Crippen molar-refractivity contribution in [3.8, 4) is 0 Å². The maximum Gasteiger partial charge on any atom is 0.306 e. The lowest BCUT2D eigenvalue weighted by molar-refractivity contribution is -0.166. The highest BCUT2D eigenvalue weighted by atomic mass is 16.6. The number of hydrogen-bond donors (Lipinski definition) is 0. The lowest BCUT2D eigenvalue weighted by atomic mass is 10.1. The zero-order valence-electron chi connectivity index (χ0n) is 41.1. The van der Waals surface area contributed by atoms with E-state index >= 15 is 0 Å². The summed E-state index contributed by atoms with van der Waals surface area (Å²) in [5.74, 6) is -1.01. The van der Waals surface area contributed by atoms with Gasteiger partial charge in [0.2, 0.25) is 0 Å². The van der Waals surface area contributed by atoms with Crippen LogP contribution in [0.4, 0.5) is 0 Å². The zero-order valence-corrected chi connectivity index (χ0v) is 41.1. The molecule has 0 aliphatic carbocycles. The van der Waals surface area contributed by atoms with Gasteiger partial charge in [0.25, 0.3) is 0 Å². The average Bonchev–Trinajstić information content (AvgIpc) is 3.28. The zero-order chi connectivity index (χ0) is 45.8. The van der Waals surface area contributed by atoms with Crippen LogP contribution < -0.4 is 0 Å². The highest BCUT2D eigenvalue weighted by molar-refractivity contribution is 5.71. The first-order valence-corrected chi connectivity index (χ1v) is 26.1. The van der Waals surface area contributed by atoms with Crippen LogP contribution in [-0.2, 0) is 28.6 Å². The molecule has 0 amide bonds. The van der Waals surface area contributed by atoms with Crippen LogP contribution >= 0.6 is 0 Å². The van der Waals surface area contributed by atoms with Crippen LogP contribution in [0.5, 0.6) is 0 Å². The molecule has 0 heterocycles. The van der Waals surface area contributed by atoms with Crippen molar-refractivity contribution in [3.63, 3.8) is 0 Å². The minimum absolute atomic E-state index is 0.110. The first kappa shape index (κ1) is 59.6. The first-order chi connectivity index (χ1) is 31.0. The number of unbranched alkanes of at least 4 members (excludes halogenated alkanes) is 21. The van der Waals surface area contributed by atoms with E-state index in [4.69, 9.17) is 14.2 Å². The summed E-state index contributed by atoms with van der Waals surface area (Å²) >= 11 is 0. The van der Waals surface area contributed by atoms with E-state index in [-0.39, 0.29) is 31.6 Å². The van der Waals surface area contributed by atoms with E-state index in [1.165, 1.54) is 109 Å². The normalized spacial score (nSPS) is 12.7. The van der Waals surface area contributed by atoms with Gasteiger partial charge in [0.1, 0.15) is 13.2 Å². The molecule has 1 unspecified atom stereocenters. The summed E-state index contributed by atoms with van der Waals surface area (Å²) in [6, 6.07) is 0. The van der Waals surface area contributed by atoms with Gasteiger partial charge in [-0.05, 0) is 96.3 Å². The van der Waals surface area contributed by atoms with Gasteiger partial charge in [-0.2, -0.15) is 0 Å². The molecule has 1 atom stereocenters. The SMILES string of the molecule is CC/C=C\C/C=C\C/C=C\C/C=C\CCC(=O)OC(COC(=O)CCCCCCC/C=C\CCCC)COC(=O)CCCCCCCCCCC/C=C\C/C=C\CCCCCCC. The molecule has 0 fully saturated rings. The monoisotopic (exact) mass is 877 g/mol. The van der Waals surface area contributed by atoms with Gasteiger partial charge in [0.15, 0.2) is 6.10 Å². The van der Waals surface area contributed by atoms with Gasteiger partial charge in [-0.15, -0.1) is 0 Å². The van der Waals surface area contributed by atoms with Crippen molar-refractivity contribution in [1.82, 2.24) is 0 Å². The van der Waals surface area contributed by atoms with Crippen LogP contribution in [0, 0.1) is 0 Å². The van der Waals surface area contributed by atoms with Crippen LogP contribution in [0.1, 0.15) is 239 Å². The number of esters is 3. The third-order valence-electron chi connectivity index (χ3n) is 10.9. The van der Waals surface area contributed by atoms with Crippen molar-refractivity contribution >= 4 is 17.9 Å². The Morgan fingerprint density at radius 1 is 0.333 bits per heavy atom. The van der Waals surface area contributed by atoms with Crippen molar-refractivity contribution in [2.45, 2.75) is 245 Å². The van der Waals surface area contributed by atoms with E-state index in [2.05, 4.69) is 93.7 Å². The second-order valence-corrected chi connectivity index (χ2v) is 17.0. The Morgan fingerprint density at radius 3 is 1.10 bits per heavy atom. The van der Waals surface area contributed by atoms with Crippen molar-refractivity contribution in [2.75, 3.05) is 13.2 Å². The third kappa shape index (κ3) is 49.5. The molecule has 0 bridgehead atoms. The van der Waals surface area contributed by atoms with Gasteiger partial charge in [0.05, 0.1) is 0 Å². The fraction of sp³-hybridized carbons (Fsp3) is 0.702. The molecule has 0 radical (unpaired) electrons. The Balaban J connectivity index is 4.39. The van der Waals surface area contributed by atoms with Gasteiger partial charge in [0, 0.05) is 19.3 Å². The van der Waals surface area contributed by atoms with Crippen LogP contribution in [0.25, 0.3) is 0 Å². The summed E-state index contributed by atoms with van der Waals surface area (Å²) in [5.41, 5.74) is 0. The van der Waals surface area contributed by atoms with Gasteiger partial charge in [-0.3, -0.25) is 14.4 Å².